The molecule has 1 aliphatic carbocycles. The summed E-state index contributed by atoms with van der Waals surface area (Å²) in [7, 11) is 0. The van der Waals surface area contributed by atoms with E-state index in [0.717, 1.165) is 5.92 Å². The molecule has 1 saturated carbocycles. The van der Waals surface area contributed by atoms with Gasteiger partial charge in [0.25, 0.3) is 0 Å². The predicted molar refractivity (Wildman–Crippen MR) is 44.5 cm³/mol. The highest BCUT2D eigenvalue weighted by Gasteiger charge is 2.11. The van der Waals surface area contributed by atoms with Crippen LogP contribution in [0.5, 0.6) is 0 Å². The minimum Gasteiger partial charge on any atom is -0.309 e. The van der Waals surface area contributed by atoms with Crippen LogP contribution in [0.1, 0.15) is 32.6 Å². The standard InChI is InChI=1S/C9H15N/c1-8-3-2-4-9(7-8)5-6-10/h5-6,8,10H,2-4,7H2,1H3/b9-5+,10-6?/t8-/m1/s1. The molecule has 0 aliphatic heterocycles. The first-order valence-electron chi connectivity index (χ1n) is 4.01. The van der Waals surface area contributed by atoms with Gasteiger partial charge in [0.15, 0.2) is 0 Å². The van der Waals surface area contributed by atoms with Crippen LogP contribution in [0.3, 0.4) is 0 Å². The summed E-state index contributed by atoms with van der Waals surface area (Å²) in [4.78, 5) is 0. The van der Waals surface area contributed by atoms with E-state index in [2.05, 4.69) is 6.92 Å². The van der Waals surface area contributed by atoms with Gasteiger partial charge in [-0.15, -0.1) is 0 Å². The van der Waals surface area contributed by atoms with Gasteiger partial charge in [-0.3, -0.25) is 0 Å². The summed E-state index contributed by atoms with van der Waals surface area (Å²) in [5, 5.41) is 6.90. The summed E-state index contributed by atoms with van der Waals surface area (Å²) < 4.78 is 0. The molecule has 0 bridgehead atoms. The van der Waals surface area contributed by atoms with Gasteiger partial charge in [-0.1, -0.05) is 18.9 Å². The highest BCUT2D eigenvalue weighted by Crippen LogP contribution is 2.27. The van der Waals surface area contributed by atoms with E-state index in [1.54, 1.807) is 0 Å². The van der Waals surface area contributed by atoms with Gasteiger partial charge in [-0.2, -0.15) is 0 Å². The maximum absolute atomic E-state index is 6.90. The topological polar surface area (TPSA) is 23.9 Å². The van der Waals surface area contributed by atoms with Crippen molar-refractivity contribution in [2.75, 3.05) is 0 Å². The van der Waals surface area contributed by atoms with Crippen LogP contribution < -0.4 is 0 Å². The Morgan fingerprint density at radius 1 is 1.60 bits per heavy atom. The molecule has 1 aliphatic rings. The van der Waals surface area contributed by atoms with E-state index in [0.29, 0.717) is 0 Å². The number of hydrogen-bond donors (Lipinski definition) is 1. The average Bonchev–Trinajstić information content (AvgIpc) is 1.88. The molecule has 1 fully saturated rings. The Labute approximate surface area is 62.6 Å². The Morgan fingerprint density at radius 2 is 2.40 bits per heavy atom. The lowest BCUT2D eigenvalue weighted by Gasteiger charge is -2.19. The third-order valence-electron chi connectivity index (χ3n) is 2.12. The SMILES string of the molecule is C[C@@H]1CCC/C(=C\C=N)C1. The molecule has 0 spiro atoms. The second-order valence-corrected chi connectivity index (χ2v) is 3.19. The molecule has 0 amide bonds. The summed E-state index contributed by atoms with van der Waals surface area (Å²) in [5.41, 5.74) is 1.47. The maximum Gasteiger partial charge on any atom is 0.0177 e. The van der Waals surface area contributed by atoms with Crippen LogP contribution in [-0.4, -0.2) is 6.21 Å². The normalized spacial score (nSPS) is 30.5. The molecule has 10 heavy (non-hydrogen) atoms. The molecule has 1 rings (SSSR count). The van der Waals surface area contributed by atoms with Crippen molar-refractivity contribution < 1.29 is 0 Å². The van der Waals surface area contributed by atoms with E-state index < -0.39 is 0 Å². The lowest BCUT2D eigenvalue weighted by Crippen LogP contribution is -2.04. The second kappa shape index (κ2) is 3.55. The lowest BCUT2D eigenvalue weighted by molar-refractivity contribution is 0.453. The van der Waals surface area contributed by atoms with E-state index in [-0.39, 0.29) is 0 Å². The van der Waals surface area contributed by atoms with Crippen molar-refractivity contribution in [2.45, 2.75) is 32.6 Å². The fourth-order valence-corrected chi connectivity index (χ4v) is 1.60. The van der Waals surface area contributed by atoms with Crippen LogP contribution in [0.2, 0.25) is 0 Å². The molecule has 0 radical (unpaired) electrons. The number of allylic oxidation sites excluding steroid dienone is 2. The first kappa shape index (κ1) is 7.52. The van der Waals surface area contributed by atoms with E-state index in [4.69, 9.17) is 5.41 Å². The molecule has 1 nitrogen and oxygen atoms in total. The molecule has 1 atom stereocenters. The minimum absolute atomic E-state index is 0.847. The van der Waals surface area contributed by atoms with Crippen LogP contribution >= 0.6 is 0 Å². The zero-order chi connectivity index (χ0) is 7.40. The van der Waals surface area contributed by atoms with Gasteiger partial charge in [0.05, 0.1) is 0 Å². The van der Waals surface area contributed by atoms with Gasteiger partial charge in [0.1, 0.15) is 0 Å². The Balaban J connectivity index is 2.46. The lowest BCUT2D eigenvalue weighted by atomic mass is 9.87. The zero-order valence-electron chi connectivity index (χ0n) is 6.56. The van der Waals surface area contributed by atoms with Crippen LogP contribution in [0, 0.1) is 11.3 Å². The van der Waals surface area contributed by atoms with Crippen molar-refractivity contribution in [1.82, 2.24) is 0 Å². The molecular formula is C9H15N. The van der Waals surface area contributed by atoms with Crippen LogP contribution in [0.25, 0.3) is 0 Å². The summed E-state index contributed by atoms with van der Waals surface area (Å²) in [6.45, 7) is 2.29. The zero-order valence-corrected chi connectivity index (χ0v) is 6.56. The Kier molecular flexibility index (Phi) is 2.67. The van der Waals surface area contributed by atoms with Crippen molar-refractivity contribution in [1.29, 1.82) is 5.41 Å². The monoisotopic (exact) mass is 137 g/mol. The van der Waals surface area contributed by atoms with E-state index in [1.165, 1.54) is 37.5 Å². The maximum atomic E-state index is 6.90. The van der Waals surface area contributed by atoms with E-state index in [9.17, 15) is 0 Å². The molecular weight excluding hydrogens is 122 g/mol. The summed E-state index contributed by atoms with van der Waals surface area (Å²) >= 11 is 0. The third kappa shape index (κ3) is 1.98. The number of hydrogen-bond acceptors (Lipinski definition) is 1. The highest BCUT2D eigenvalue weighted by atomic mass is 14.3. The van der Waals surface area contributed by atoms with Gasteiger partial charge < -0.3 is 5.41 Å². The van der Waals surface area contributed by atoms with Crippen molar-refractivity contribution in [2.24, 2.45) is 5.92 Å². The second-order valence-electron chi connectivity index (χ2n) is 3.19. The number of rotatable bonds is 1. The van der Waals surface area contributed by atoms with Crippen molar-refractivity contribution in [3.63, 3.8) is 0 Å². The fraction of sp³-hybridized carbons (Fsp3) is 0.667. The quantitative estimate of drug-likeness (QED) is 0.537. The van der Waals surface area contributed by atoms with Crippen molar-refractivity contribution in [3.05, 3.63) is 11.6 Å². The largest absolute Gasteiger partial charge is 0.309 e. The van der Waals surface area contributed by atoms with Gasteiger partial charge >= 0.3 is 0 Å². The van der Waals surface area contributed by atoms with Gasteiger partial charge in [0, 0.05) is 6.21 Å². The molecule has 0 heterocycles. The van der Waals surface area contributed by atoms with E-state index in [1.807, 2.05) is 6.08 Å². The first-order valence-corrected chi connectivity index (χ1v) is 4.01. The molecule has 1 heteroatoms. The minimum atomic E-state index is 0.847. The fourth-order valence-electron chi connectivity index (χ4n) is 1.60. The molecule has 0 aromatic carbocycles. The first-order chi connectivity index (χ1) is 4.83. The molecule has 0 aromatic heterocycles. The van der Waals surface area contributed by atoms with Gasteiger partial charge in [-0.05, 0) is 31.3 Å². The van der Waals surface area contributed by atoms with Crippen molar-refractivity contribution >= 4 is 6.21 Å². The van der Waals surface area contributed by atoms with Gasteiger partial charge in [0.2, 0.25) is 0 Å². The predicted octanol–water partition coefficient (Wildman–Crippen LogP) is 2.77. The summed E-state index contributed by atoms with van der Waals surface area (Å²) in [5.74, 6) is 0.847. The molecule has 56 valence electrons. The molecule has 0 aromatic rings. The van der Waals surface area contributed by atoms with Gasteiger partial charge in [-0.25, -0.2) is 0 Å². The smallest absolute Gasteiger partial charge is 0.0177 e. The van der Waals surface area contributed by atoms with Crippen LogP contribution in [0.15, 0.2) is 11.6 Å². The van der Waals surface area contributed by atoms with E-state index >= 15 is 0 Å². The summed E-state index contributed by atoms with van der Waals surface area (Å²) in [6, 6.07) is 0. The average molecular weight is 137 g/mol. The number of nitrogens with one attached hydrogen (secondary N) is 1. The highest BCUT2D eigenvalue weighted by molar-refractivity contribution is 5.68. The third-order valence-corrected chi connectivity index (χ3v) is 2.12. The van der Waals surface area contributed by atoms with Crippen molar-refractivity contribution in [3.8, 4) is 0 Å². The molecule has 0 unspecified atom stereocenters. The molecule has 1 N–H and O–H groups in total. The summed E-state index contributed by atoms with van der Waals surface area (Å²) in [6.07, 6.45) is 8.49. The Bertz CT molecular complexity index is 147. The molecule has 0 saturated heterocycles. The van der Waals surface area contributed by atoms with Crippen LogP contribution in [0.4, 0.5) is 0 Å². The van der Waals surface area contributed by atoms with Crippen LogP contribution in [-0.2, 0) is 0 Å². The Hall–Kier alpha value is -0.590. The Morgan fingerprint density at radius 3 is 3.00 bits per heavy atom.